The van der Waals surface area contributed by atoms with Crippen molar-refractivity contribution in [1.29, 1.82) is 0 Å². The van der Waals surface area contributed by atoms with Gasteiger partial charge in [-0.2, -0.15) is 0 Å². The van der Waals surface area contributed by atoms with E-state index in [1.807, 2.05) is 6.92 Å². The van der Waals surface area contributed by atoms with Gasteiger partial charge in [0.1, 0.15) is 0 Å². The summed E-state index contributed by atoms with van der Waals surface area (Å²) in [4.78, 5) is 24.8. The van der Waals surface area contributed by atoms with Gasteiger partial charge in [0.25, 0.3) is 5.91 Å². The molecule has 0 aliphatic heterocycles. The van der Waals surface area contributed by atoms with E-state index >= 15 is 0 Å². The summed E-state index contributed by atoms with van der Waals surface area (Å²) in [6.45, 7) is 2.21. The summed E-state index contributed by atoms with van der Waals surface area (Å²) in [5, 5.41) is 12.0. The normalized spacial score (nSPS) is 12.0. The maximum absolute atomic E-state index is 11.9. The Balaban J connectivity index is 2.36. The first-order valence-electron chi connectivity index (χ1n) is 6.39. The van der Waals surface area contributed by atoms with Crippen molar-refractivity contribution in [3.05, 3.63) is 22.6 Å². The van der Waals surface area contributed by atoms with Crippen LogP contribution in [0.1, 0.15) is 30.3 Å². The van der Waals surface area contributed by atoms with Crippen LogP contribution in [0.4, 0.5) is 0 Å². The molecule has 0 spiro atoms. The van der Waals surface area contributed by atoms with Crippen molar-refractivity contribution in [3.8, 4) is 0 Å². The van der Waals surface area contributed by atoms with Crippen LogP contribution in [0.3, 0.4) is 0 Å². The zero-order valence-electron chi connectivity index (χ0n) is 11.6. The average Bonchev–Trinajstić information content (AvgIpc) is 2.84. The molecule has 7 heteroatoms. The quantitative estimate of drug-likeness (QED) is 0.781. The van der Waals surface area contributed by atoms with Crippen molar-refractivity contribution in [1.82, 2.24) is 10.2 Å². The largest absolute Gasteiger partial charge is 0.444 e. The molecule has 1 unspecified atom stereocenters. The van der Waals surface area contributed by atoms with Gasteiger partial charge >= 0.3 is 0 Å². The van der Waals surface area contributed by atoms with Gasteiger partial charge in [-0.15, -0.1) is 0 Å². The predicted molar refractivity (Wildman–Crippen MR) is 77.3 cm³/mol. The molecule has 1 atom stereocenters. The van der Waals surface area contributed by atoms with Crippen LogP contribution in [0.2, 0.25) is 0 Å². The number of likely N-dealkylation sites (N-methyl/N-ethyl adjacent to an activating group) is 1. The van der Waals surface area contributed by atoms with E-state index in [9.17, 15) is 14.7 Å². The average molecular weight is 347 g/mol. The minimum absolute atomic E-state index is 0.0562. The second-order valence-electron chi connectivity index (χ2n) is 4.47. The summed E-state index contributed by atoms with van der Waals surface area (Å²) < 4.78 is 5.60. The fourth-order valence-corrected chi connectivity index (χ4v) is 1.85. The summed E-state index contributed by atoms with van der Waals surface area (Å²) in [6.07, 6.45) is 0.752. The van der Waals surface area contributed by atoms with E-state index in [-0.39, 0.29) is 24.1 Å². The molecule has 2 amide bonds. The number of aliphatic hydroxyl groups excluding tert-OH is 1. The third-order valence-electron chi connectivity index (χ3n) is 2.78. The molecule has 0 radical (unpaired) electrons. The number of nitrogens with one attached hydrogen (secondary N) is 1. The molecule has 0 aliphatic carbocycles. The zero-order chi connectivity index (χ0) is 15.1. The monoisotopic (exact) mass is 346 g/mol. The molecule has 6 nitrogen and oxygen atoms in total. The van der Waals surface area contributed by atoms with Crippen molar-refractivity contribution in [3.63, 3.8) is 0 Å². The molecule has 112 valence electrons. The Morgan fingerprint density at radius 2 is 2.20 bits per heavy atom. The van der Waals surface area contributed by atoms with Crippen LogP contribution in [-0.4, -0.2) is 48.1 Å². The van der Waals surface area contributed by atoms with Gasteiger partial charge in [-0.1, -0.05) is 6.92 Å². The van der Waals surface area contributed by atoms with E-state index in [1.54, 1.807) is 12.1 Å². The van der Waals surface area contributed by atoms with E-state index in [0.717, 1.165) is 0 Å². The van der Waals surface area contributed by atoms with Crippen molar-refractivity contribution in [2.75, 3.05) is 20.1 Å². The number of aliphatic hydroxyl groups is 1. The molecular formula is C13H19BrN2O4. The van der Waals surface area contributed by atoms with Gasteiger partial charge in [0.2, 0.25) is 5.91 Å². The summed E-state index contributed by atoms with van der Waals surface area (Å²) >= 11 is 3.11. The first-order valence-corrected chi connectivity index (χ1v) is 7.19. The van der Waals surface area contributed by atoms with Gasteiger partial charge in [-0.3, -0.25) is 9.59 Å². The number of furan rings is 1. The Hall–Kier alpha value is -1.34. The molecule has 1 heterocycles. The van der Waals surface area contributed by atoms with Crippen LogP contribution in [0.5, 0.6) is 0 Å². The minimum atomic E-state index is -0.407. The van der Waals surface area contributed by atoms with Gasteiger partial charge in [0, 0.05) is 13.6 Å². The number of halogens is 1. The highest BCUT2D eigenvalue weighted by Gasteiger charge is 2.18. The SMILES string of the molecule is CCC(O)CCNC(=O)CN(C)C(=O)c1ccc(Br)o1. The molecule has 0 saturated carbocycles. The lowest BCUT2D eigenvalue weighted by atomic mass is 10.2. The number of nitrogens with zero attached hydrogens (tertiary/aromatic N) is 1. The number of amides is 2. The fraction of sp³-hybridized carbons (Fsp3) is 0.538. The Morgan fingerprint density at radius 1 is 1.50 bits per heavy atom. The molecule has 0 fully saturated rings. The molecule has 2 N–H and O–H groups in total. The third-order valence-corrected chi connectivity index (χ3v) is 3.21. The van der Waals surface area contributed by atoms with Gasteiger partial charge in [-0.25, -0.2) is 0 Å². The van der Waals surface area contributed by atoms with Crippen molar-refractivity contribution >= 4 is 27.7 Å². The fourth-order valence-electron chi connectivity index (χ4n) is 1.54. The molecule has 1 aromatic rings. The van der Waals surface area contributed by atoms with Crippen LogP contribution in [0.15, 0.2) is 21.2 Å². The molecule has 20 heavy (non-hydrogen) atoms. The molecule has 0 aliphatic rings. The summed E-state index contributed by atoms with van der Waals surface area (Å²) in [5.74, 6) is -0.456. The van der Waals surface area contributed by atoms with Crippen molar-refractivity contribution in [2.24, 2.45) is 0 Å². The Bertz CT molecular complexity index is 461. The van der Waals surface area contributed by atoms with Crippen molar-refractivity contribution < 1.29 is 19.1 Å². The van der Waals surface area contributed by atoms with Gasteiger partial charge in [0.15, 0.2) is 10.4 Å². The Kier molecular flexibility index (Phi) is 6.74. The van der Waals surface area contributed by atoms with E-state index in [0.29, 0.717) is 24.1 Å². The highest BCUT2D eigenvalue weighted by atomic mass is 79.9. The van der Waals surface area contributed by atoms with Crippen LogP contribution >= 0.6 is 15.9 Å². The second kappa shape index (κ2) is 8.06. The molecule has 1 rings (SSSR count). The molecule has 0 saturated heterocycles. The number of rotatable bonds is 7. The van der Waals surface area contributed by atoms with E-state index in [1.165, 1.54) is 11.9 Å². The number of hydrogen-bond acceptors (Lipinski definition) is 4. The van der Waals surface area contributed by atoms with Gasteiger partial charge < -0.3 is 19.7 Å². The number of carbonyl (C=O) groups is 2. The van der Waals surface area contributed by atoms with Crippen LogP contribution in [0.25, 0.3) is 0 Å². The third kappa shape index (κ3) is 5.34. The molecule has 1 aromatic heterocycles. The van der Waals surface area contributed by atoms with Gasteiger partial charge in [0.05, 0.1) is 12.6 Å². The van der Waals surface area contributed by atoms with Crippen LogP contribution in [-0.2, 0) is 4.79 Å². The zero-order valence-corrected chi connectivity index (χ0v) is 13.1. The summed E-state index contributed by atoms with van der Waals surface area (Å²) in [7, 11) is 1.53. The molecule has 0 aromatic carbocycles. The predicted octanol–water partition coefficient (Wildman–Crippen LogP) is 1.39. The van der Waals surface area contributed by atoms with E-state index in [4.69, 9.17) is 4.42 Å². The maximum Gasteiger partial charge on any atom is 0.289 e. The molecule has 0 bridgehead atoms. The van der Waals surface area contributed by atoms with Gasteiger partial charge in [-0.05, 0) is 40.9 Å². The van der Waals surface area contributed by atoms with Crippen LogP contribution < -0.4 is 5.32 Å². The highest BCUT2D eigenvalue weighted by molar-refractivity contribution is 9.10. The van der Waals surface area contributed by atoms with Crippen LogP contribution in [0, 0.1) is 0 Å². The lowest BCUT2D eigenvalue weighted by Crippen LogP contribution is -2.39. The summed E-state index contributed by atoms with van der Waals surface area (Å²) in [5.41, 5.74) is 0. The summed E-state index contributed by atoms with van der Waals surface area (Å²) in [6, 6.07) is 3.16. The lowest BCUT2D eigenvalue weighted by Gasteiger charge is -2.15. The molecular weight excluding hydrogens is 328 g/mol. The van der Waals surface area contributed by atoms with E-state index < -0.39 is 6.10 Å². The highest BCUT2D eigenvalue weighted by Crippen LogP contribution is 2.15. The Labute approximate surface area is 126 Å². The Morgan fingerprint density at radius 3 is 2.75 bits per heavy atom. The van der Waals surface area contributed by atoms with Crippen molar-refractivity contribution in [2.45, 2.75) is 25.9 Å². The second-order valence-corrected chi connectivity index (χ2v) is 5.25. The number of carbonyl (C=O) groups excluding carboxylic acids is 2. The minimum Gasteiger partial charge on any atom is -0.444 e. The smallest absolute Gasteiger partial charge is 0.289 e. The first kappa shape index (κ1) is 16.7. The maximum atomic E-state index is 11.9. The topological polar surface area (TPSA) is 82.8 Å². The lowest BCUT2D eigenvalue weighted by molar-refractivity contribution is -0.121. The van der Waals surface area contributed by atoms with E-state index in [2.05, 4.69) is 21.2 Å². The standard InChI is InChI=1S/C13H19BrN2O4/c1-3-9(17)6-7-15-12(18)8-16(2)13(19)10-4-5-11(14)20-10/h4-5,9,17H,3,6-8H2,1-2H3,(H,15,18). The first-order chi connectivity index (χ1) is 9.43. The number of hydrogen-bond donors (Lipinski definition) is 2.